The molecule has 3 rings (SSSR count). The standard InChI is InChI=1S/C17H18N4O/c1-13-11-14-5-2-3-6-16(14)21(13)10-4-7-20-17(22)15-12-18-8-9-19-15/h2-3,5-6,8-9,11-12H,4,7,10H2,1H3,(H,20,22). The Morgan fingerprint density at radius 1 is 1.27 bits per heavy atom. The molecule has 0 unspecified atom stereocenters. The summed E-state index contributed by atoms with van der Waals surface area (Å²) < 4.78 is 2.28. The van der Waals surface area contributed by atoms with Crippen molar-refractivity contribution in [1.82, 2.24) is 19.9 Å². The molecule has 5 heteroatoms. The van der Waals surface area contributed by atoms with E-state index >= 15 is 0 Å². The van der Waals surface area contributed by atoms with Crippen LogP contribution in [0, 0.1) is 6.92 Å². The summed E-state index contributed by atoms with van der Waals surface area (Å²) in [7, 11) is 0. The van der Waals surface area contributed by atoms with Gasteiger partial charge in [-0.25, -0.2) is 4.98 Å². The summed E-state index contributed by atoms with van der Waals surface area (Å²) in [6.07, 6.45) is 5.41. The van der Waals surface area contributed by atoms with Crippen LogP contribution in [0.15, 0.2) is 48.9 Å². The van der Waals surface area contributed by atoms with Crippen LogP contribution < -0.4 is 5.32 Å². The van der Waals surface area contributed by atoms with E-state index < -0.39 is 0 Å². The van der Waals surface area contributed by atoms with Crippen molar-refractivity contribution in [3.8, 4) is 0 Å². The number of carbonyl (C=O) groups excluding carboxylic acids is 1. The first-order valence-corrected chi connectivity index (χ1v) is 7.35. The van der Waals surface area contributed by atoms with Gasteiger partial charge in [-0.3, -0.25) is 9.78 Å². The molecule has 0 aliphatic rings. The summed E-state index contributed by atoms with van der Waals surface area (Å²) >= 11 is 0. The quantitative estimate of drug-likeness (QED) is 0.736. The van der Waals surface area contributed by atoms with Gasteiger partial charge in [-0.2, -0.15) is 0 Å². The molecule has 0 saturated carbocycles. The van der Waals surface area contributed by atoms with Crippen molar-refractivity contribution in [3.63, 3.8) is 0 Å². The van der Waals surface area contributed by atoms with Gasteiger partial charge in [0.05, 0.1) is 6.20 Å². The van der Waals surface area contributed by atoms with Gasteiger partial charge in [-0.15, -0.1) is 0 Å². The number of para-hydroxylation sites is 1. The molecule has 112 valence electrons. The van der Waals surface area contributed by atoms with Crippen LogP contribution in [0.1, 0.15) is 22.6 Å². The van der Waals surface area contributed by atoms with E-state index in [1.807, 2.05) is 12.1 Å². The van der Waals surface area contributed by atoms with Crippen LogP contribution in [-0.4, -0.2) is 27.0 Å². The monoisotopic (exact) mass is 294 g/mol. The fourth-order valence-corrected chi connectivity index (χ4v) is 2.59. The van der Waals surface area contributed by atoms with E-state index in [0.29, 0.717) is 12.2 Å². The minimum atomic E-state index is -0.179. The molecule has 1 aromatic carbocycles. The summed E-state index contributed by atoms with van der Waals surface area (Å²) in [5.74, 6) is -0.179. The second-order valence-electron chi connectivity index (χ2n) is 5.20. The lowest BCUT2D eigenvalue weighted by Crippen LogP contribution is -2.26. The van der Waals surface area contributed by atoms with E-state index in [1.54, 1.807) is 6.20 Å². The molecule has 0 aliphatic heterocycles. The number of nitrogens with one attached hydrogen (secondary N) is 1. The number of amides is 1. The molecular formula is C17H18N4O. The molecule has 0 aliphatic carbocycles. The Morgan fingerprint density at radius 3 is 2.95 bits per heavy atom. The van der Waals surface area contributed by atoms with Gasteiger partial charge in [0.25, 0.3) is 5.91 Å². The average molecular weight is 294 g/mol. The Labute approximate surface area is 129 Å². The maximum absolute atomic E-state index is 11.9. The van der Waals surface area contributed by atoms with Crippen molar-refractivity contribution >= 4 is 16.8 Å². The highest BCUT2D eigenvalue weighted by molar-refractivity contribution is 5.91. The van der Waals surface area contributed by atoms with Crippen molar-refractivity contribution in [2.75, 3.05) is 6.54 Å². The van der Waals surface area contributed by atoms with Crippen LogP contribution in [0.25, 0.3) is 10.9 Å². The maximum atomic E-state index is 11.9. The zero-order valence-electron chi connectivity index (χ0n) is 12.5. The Morgan fingerprint density at radius 2 is 2.14 bits per heavy atom. The largest absolute Gasteiger partial charge is 0.351 e. The highest BCUT2D eigenvalue weighted by atomic mass is 16.1. The van der Waals surface area contributed by atoms with Gasteiger partial charge in [0.2, 0.25) is 0 Å². The highest BCUT2D eigenvalue weighted by Crippen LogP contribution is 2.19. The van der Waals surface area contributed by atoms with E-state index in [-0.39, 0.29) is 5.91 Å². The number of aryl methyl sites for hydroxylation is 2. The third-order valence-corrected chi connectivity index (χ3v) is 3.66. The molecule has 2 heterocycles. The first kappa shape index (κ1) is 14.3. The van der Waals surface area contributed by atoms with Crippen LogP contribution in [0.4, 0.5) is 0 Å². The van der Waals surface area contributed by atoms with E-state index in [2.05, 4.69) is 45.0 Å². The summed E-state index contributed by atoms with van der Waals surface area (Å²) in [4.78, 5) is 19.7. The smallest absolute Gasteiger partial charge is 0.271 e. The molecule has 0 spiro atoms. The Kier molecular flexibility index (Phi) is 4.14. The molecule has 0 fully saturated rings. The number of benzene rings is 1. The number of aromatic nitrogens is 3. The minimum absolute atomic E-state index is 0.179. The third kappa shape index (κ3) is 2.98. The fraction of sp³-hybridized carbons (Fsp3) is 0.235. The van der Waals surface area contributed by atoms with Crippen LogP contribution in [-0.2, 0) is 6.54 Å². The Bertz CT molecular complexity index is 780. The summed E-state index contributed by atoms with van der Waals surface area (Å²) in [5.41, 5.74) is 2.83. The zero-order chi connectivity index (χ0) is 15.4. The first-order chi connectivity index (χ1) is 10.8. The molecular weight excluding hydrogens is 276 g/mol. The van der Waals surface area contributed by atoms with Crippen molar-refractivity contribution in [2.24, 2.45) is 0 Å². The van der Waals surface area contributed by atoms with Crippen LogP contribution >= 0.6 is 0 Å². The Balaban J connectivity index is 1.57. The molecule has 22 heavy (non-hydrogen) atoms. The van der Waals surface area contributed by atoms with Gasteiger partial charge in [-0.05, 0) is 30.9 Å². The van der Waals surface area contributed by atoms with Gasteiger partial charge >= 0.3 is 0 Å². The van der Waals surface area contributed by atoms with Crippen LogP contribution in [0.2, 0.25) is 0 Å². The molecule has 0 radical (unpaired) electrons. The van der Waals surface area contributed by atoms with Crippen molar-refractivity contribution in [3.05, 3.63) is 60.3 Å². The molecule has 1 N–H and O–H groups in total. The lowest BCUT2D eigenvalue weighted by Gasteiger charge is -2.09. The molecule has 1 amide bonds. The summed E-state index contributed by atoms with van der Waals surface area (Å²) in [5, 5.41) is 4.13. The van der Waals surface area contributed by atoms with E-state index in [4.69, 9.17) is 0 Å². The molecule has 2 aromatic heterocycles. The van der Waals surface area contributed by atoms with Gasteiger partial charge in [0, 0.05) is 36.7 Å². The molecule has 0 atom stereocenters. The van der Waals surface area contributed by atoms with E-state index in [9.17, 15) is 4.79 Å². The normalized spacial score (nSPS) is 10.8. The SMILES string of the molecule is Cc1cc2ccccc2n1CCCNC(=O)c1cnccn1. The maximum Gasteiger partial charge on any atom is 0.271 e. The fourth-order valence-electron chi connectivity index (χ4n) is 2.59. The molecule has 0 bridgehead atoms. The zero-order valence-corrected chi connectivity index (χ0v) is 12.5. The number of hydrogen-bond acceptors (Lipinski definition) is 3. The van der Waals surface area contributed by atoms with Crippen LogP contribution in [0.3, 0.4) is 0 Å². The van der Waals surface area contributed by atoms with Gasteiger partial charge < -0.3 is 9.88 Å². The summed E-state index contributed by atoms with van der Waals surface area (Å²) in [6, 6.07) is 10.5. The van der Waals surface area contributed by atoms with Crippen molar-refractivity contribution in [1.29, 1.82) is 0 Å². The predicted octanol–water partition coefficient (Wildman–Crippen LogP) is 2.56. The molecule has 0 saturated heterocycles. The number of hydrogen-bond donors (Lipinski definition) is 1. The number of rotatable bonds is 5. The van der Waals surface area contributed by atoms with Gasteiger partial charge in [0.15, 0.2) is 0 Å². The lowest BCUT2D eigenvalue weighted by atomic mass is 10.2. The van der Waals surface area contributed by atoms with Crippen molar-refractivity contribution < 1.29 is 4.79 Å². The van der Waals surface area contributed by atoms with Gasteiger partial charge in [-0.1, -0.05) is 18.2 Å². The number of fused-ring (bicyclic) bond motifs is 1. The first-order valence-electron chi connectivity index (χ1n) is 7.35. The Hall–Kier alpha value is -2.69. The summed E-state index contributed by atoms with van der Waals surface area (Å²) in [6.45, 7) is 3.60. The van der Waals surface area contributed by atoms with Crippen molar-refractivity contribution in [2.45, 2.75) is 19.9 Å². The second kappa shape index (κ2) is 6.39. The molecule has 3 aromatic rings. The van der Waals surface area contributed by atoms with E-state index in [1.165, 1.54) is 29.0 Å². The number of carbonyl (C=O) groups is 1. The van der Waals surface area contributed by atoms with E-state index in [0.717, 1.165) is 13.0 Å². The highest BCUT2D eigenvalue weighted by Gasteiger charge is 2.07. The topological polar surface area (TPSA) is 59.8 Å². The average Bonchev–Trinajstić information content (AvgIpc) is 2.88. The minimum Gasteiger partial charge on any atom is -0.351 e. The second-order valence-corrected chi connectivity index (χ2v) is 5.20. The lowest BCUT2D eigenvalue weighted by molar-refractivity contribution is 0.0947. The number of nitrogens with zero attached hydrogens (tertiary/aromatic N) is 3. The predicted molar refractivity (Wildman–Crippen MR) is 85.7 cm³/mol. The third-order valence-electron chi connectivity index (χ3n) is 3.66. The van der Waals surface area contributed by atoms with Crippen LogP contribution in [0.5, 0.6) is 0 Å². The van der Waals surface area contributed by atoms with Gasteiger partial charge in [0.1, 0.15) is 5.69 Å². The molecule has 5 nitrogen and oxygen atoms in total.